The third-order valence-corrected chi connectivity index (χ3v) is 4.21. The number of hydrogen-bond donors (Lipinski definition) is 0. The Morgan fingerprint density at radius 3 is 2.95 bits per heavy atom. The molecule has 2 aromatic heterocycles. The molecule has 5 nitrogen and oxygen atoms in total. The van der Waals surface area contributed by atoms with Gasteiger partial charge in [0.15, 0.2) is 0 Å². The molecule has 1 aliphatic rings. The zero-order valence-electron chi connectivity index (χ0n) is 12.7. The predicted molar refractivity (Wildman–Crippen MR) is 81.1 cm³/mol. The number of piperidine rings is 1. The van der Waals surface area contributed by atoms with E-state index in [2.05, 4.69) is 5.10 Å². The second-order valence-electron chi connectivity index (χ2n) is 5.89. The highest BCUT2D eigenvalue weighted by Crippen LogP contribution is 2.21. The Morgan fingerprint density at radius 2 is 2.29 bits per heavy atom. The Labute approximate surface area is 125 Å². The first-order valence-corrected chi connectivity index (χ1v) is 7.56. The number of amides is 1. The van der Waals surface area contributed by atoms with Crippen LogP contribution in [-0.4, -0.2) is 37.7 Å². The largest absolute Gasteiger partial charge is 0.347 e. The molecule has 3 rings (SSSR count). The molecule has 1 amide bonds. The molecule has 5 heteroatoms. The molecule has 2 aromatic rings. The number of nitrogens with zero attached hydrogens (tertiary/aromatic N) is 4. The second kappa shape index (κ2) is 5.76. The molecule has 0 radical (unpaired) electrons. The minimum Gasteiger partial charge on any atom is -0.347 e. The first-order valence-electron chi connectivity index (χ1n) is 7.56. The molecule has 21 heavy (non-hydrogen) atoms. The number of carbonyl (C=O) groups is 1. The third-order valence-electron chi connectivity index (χ3n) is 4.21. The quantitative estimate of drug-likeness (QED) is 0.868. The fraction of sp³-hybridized carbons (Fsp3) is 0.500. The van der Waals surface area contributed by atoms with Crippen molar-refractivity contribution in [2.75, 3.05) is 6.54 Å². The number of carbonyl (C=O) groups excluding carboxylic acids is 1. The van der Waals surface area contributed by atoms with Gasteiger partial charge in [-0.3, -0.25) is 9.48 Å². The molecule has 0 aromatic carbocycles. The average Bonchev–Trinajstić information content (AvgIpc) is 3.07. The molecule has 0 unspecified atom stereocenters. The van der Waals surface area contributed by atoms with E-state index in [9.17, 15) is 4.79 Å². The Balaban J connectivity index is 1.78. The lowest BCUT2D eigenvalue weighted by molar-refractivity contribution is 0.0574. The lowest BCUT2D eigenvalue weighted by Gasteiger charge is -2.35. The van der Waals surface area contributed by atoms with Crippen LogP contribution in [0.2, 0.25) is 0 Å². The predicted octanol–water partition coefficient (Wildman–Crippen LogP) is 2.22. The molecule has 0 aliphatic carbocycles. The zero-order chi connectivity index (χ0) is 14.8. The highest BCUT2D eigenvalue weighted by atomic mass is 16.2. The van der Waals surface area contributed by atoms with Crippen LogP contribution >= 0.6 is 0 Å². The summed E-state index contributed by atoms with van der Waals surface area (Å²) in [5.74, 6) is 0.135. The monoisotopic (exact) mass is 286 g/mol. The Kier molecular flexibility index (Phi) is 3.82. The minimum absolute atomic E-state index is 0.135. The van der Waals surface area contributed by atoms with Gasteiger partial charge in [0.25, 0.3) is 5.91 Å². The summed E-state index contributed by atoms with van der Waals surface area (Å²) >= 11 is 0. The van der Waals surface area contributed by atoms with Crippen LogP contribution in [0, 0.1) is 6.92 Å². The SMILES string of the molecule is Cc1cnn(C[C@@H]2CCCCN2C(=O)c2cccn2C)c1. The van der Waals surface area contributed by atoms with Crippen molar-refractivity contribution < 1.29 is 4.79 Å². The van der Waals surface area contributed by atoms with Crippen molar-refractivity contribution in [2.45, 2.75) is 38.8 Å². The molecule has 0 bridgehead atoms. The normalized spacial score (nSPS) is 19.0. The lowest BCUT2D eigenvalue weighted by Crippen LogP contribution is -2.46. The summed E-state index contributed by atoms with van der Waals surface area (Å²) in [4.78, 5) is 14.8. The van der Waals surface area contributed by atoms with E-state index in [1.165, 1.54) is 6.42 Å². The highest BCUT2D eigenvalue weighted by Gasteiger charge is 2.28. The van der Waals surface area contributed by atoms with Crippen molar-refractivity contribution in [1.82, 2.24) is 19.2 Å². The van der Waals surface area contributed by atoms with Gasteiger partial charge in [-0.1, -0.05) is 0 Å². The van der Waals surface area contributed by atoms with Crippen molar-refractivity contribution in [3.8, 4) is 0 Å². The standard InChI is InChI=1S/C16H22N4O/c1-13-10-17-19(11-13)12-14-6-3-4-9-20(14)16(21)15-7-5-8-18(15)2/h5,7-8,10-11,14H,3-4,6,9,12H2,1-2H3/t14-/m0/s1. The molecule has 112 valence electrons. The van der Waals surface area contributed by atoms with E-state index in [4.69, 9.17) is 0 Å². The van der Waals surface area contributed by atoms with E-state index in [0.717, 1.165) is 37.2 Å². The lowest BCUT2D eigenvalue weighted by atomic mass is 10.0. The maximum Gasteiger partial charge on any atom is 0.270 e. The van der Waals surface area contributed by atoms with E-state index in [1.807, 2.05) is 58.8 Å². The van der Waals surface area contributed by atoms with Crippen LogP contribution in [0.5, 0.6) is 0 Å². The van der Waals surface area contributed by atoms with E-state index in [-0.39, 0.29) is 11.9 Å². The topological polar surface area (TPSA) is 43.1 Å². The molecule has 3 heterocycles. The van der Waals surface area contributed by atoms with Crippen LogP contribution in [0.15, 0.2) is 30.7 Å². The van der Waals surface area contributed by atoms with E-state index < -0.39 is 0 Å². The number of rotatable bonds is 3. The molecule has 0 saturated carbocycles. The molecule has 1 aliphatic heterocycles. The number of hydrogen-bond acceptors (Lipinski definition) is 2. The molecule has 1 fully saturated rings. The Morgan fingerprint density at radius 1 is 1.43 bits per heavy atom. The van der Waals surface area contributed by atoms with Gasteiger partial charge >= 0.3 is 0 Å². The maximum absolute atomic E-state index is 12.8. The number of aryl methyl sites for hydroxylation is 2. The van der Waals surface area contributed by atoms with Gasteiger partial charge in [0.2, 0.25) is 0 Å². The van der Waals surface area contributed by atoms with Crippen molar-refractivity contribution in [3.63, 3.8) is 0 Å². The maximum atomic E-state index is 12.8. The summed E-state index contributed by atoms with van der Waals surface area (Å²) in [6.45, 7) is 3.66. The van der Waals surface area contributed by atoms with Crippen molar-refractivity contribution in [2.24, 2.45) is 7.05 Å². The van der Waals surface area contributed by atoms with Crippen molar-refractivity contribution in [1.29, 1.82) is 0 Å². The van der Waals surface area contributed by atoms with Crippen LogP contribution in [0.1, 0.15) is 35.3 Å². The van der Waals surface area contributed by atoms with E-state index in [0.29, 0.717) is 0 Å². The van der Waals surface area contributed by atoms with Gasteiger partial charge in [-0.2, -0.15) is 5.10 Å². The summed E-state index contributed by atoms with van der Waals surface area (Å²) < 4.78 is 3.85. The number of aromatic nitrogens is 3. The van der Waals surface area contributed by atoms with Gasteiger partial charge in [0.1, 0.15) is 5.69 Å². The Hall–Kier alpha value is -2.04. The molecular formula is C16H22N4O. The smallest absolute Gasteiger partial charge is 0.270 e. The minimum atomic E-state index is 0.135. The third kappa shape index (κ3) is 2.86. The van der Waals surface area contributed by atoms with Gasteiger partial charge in [-0.05, 0) is 43.9 Å². The van der Waals surface area contributed by atoms with Crippen LogP contribution in [0.3, 0.4) is 0 Å². The summed E-state index contributed by atoms with van der Waals surface area (Å²) in [7, 11) is 1.92. The van der Waals surface area contributed by atoms with Gasteiger partial charge in [0, 0.05) is 26.0 Å². The first-order chi connectivity index (χ1) is 10.1. The van der Waals surface area contributed by atoms with Gasteiger partial charge < -0.3 is 9.47 Å². The summed E-state index contributed by atoms with van der Waals surface area (Å²) in [5.41, 5.74) is 1.92. The fourth-order valence-electron chi connectivity index (χ4n) is 3.07. The average molecular weight is 286 g/mol. The summed E-state index contributed by atoms with van der Waals surface area (Å²) in [6, 6.07) is 4.05. The molecule has 1 saturated heterocycles. The van der Waals surface area contributed by atoms with Gasteiger partial charge in [-0.25, -0.2) is 0 Å². The fourth-order valence-corrected chi connectivity index (χ4v) is 3.07. The second-order valence-corrected chi connectivity index (χ2v) is 5.89. The van der Waals surface area contributed by atoms with Crippen LogP contribution < -0.4 is 0 Å². The van der Waals surface area contributed by atoms with Crippen LogP contribution in [-0.2, 0) is 13.6 Å². The van der Waals surface area contributed by atoms with Crippen LogP contribution in [0.25, 0.3) is 0 Å². The zero-order valence-corrected chi connectivity index (χ0v) is 12.7. The molecule has 1 atom stereocenters. The highest BCUT2D eigenvalue weighted by molar-refractivity contribution is 5.93. The number of likely N-dealkylation sites (tertiary alicyclic amines) is 1. The molecule has 0 N–H and O–H groups in total. The van der Waals surface area contributed by atoms with E-state index >= 15 is 0 Å². The van der Waals surface area contributed by atoms with E-state index in [1.54, 1.807) is 0 Å². The van der Waals surface area contributed by atoms with Gasteiger partial charge in [0.05, 0.1) is 18.8 Å². The summed E-state index contributed by atoms with van der Waals surface area (Å²) in [5, 5.41) is 4.36. The van der Waals surface area contributed by atoms with Crippen molar-refractivity contribution in [3.05, 3.63) is 42.0 Å². The summed E-state index contributed by atoms with van der Waals surface area (Å²) in [6.07, 6.45) is 9.15. The molecule has 0 spiro atoms. The van der Waals surface area contributed by atoms with Gasteiger partial charge in [-0.15, -0.1) is 0 Å². The Bertz CT molecular complexity index is 628. The first kappa shape index (κ1) is 13.9. The molecular weight excluding hydrogens is 264 g/mol. The van der Waals surface area contributed by atoms with Crippen molar-refractivity contribution >= 4 is 5.91 Å². The van der Waals surface area contributed by atoms with Crippen LogP contribution in [0.4, 0.5) is 0 Å².